The van der Waals surface area contributed by atoms with E-state index >= 15 is 0 Å². The Balaban J connectivity index is 1.87. The summed E-state index contributed by atoms with van der Waals surface area (Å²) >= 11 is 0. The first-order valence-electron chi connectivity index (χ1n) is 7.02. The van der Waals surface area contributed by atoms with Crippen LogP contribution in [0.2, 0.25) is 0 Å². The highest BCUT2D eigenvalue weighted by Gasteiger charge is 2.34. The zero-order valence-electron chi connectivity index (χ0n) is 11.7. The molecule has 0 bridgehead atoms. The standard InChI is InChI=1S/C15H20N2O4/c16-15(20)21-12(8-10-6-7-10)13(18)14(19)17-9-11-4-2-1-3-5-11/h1-5,10,12-13,18H,6-9H2,(H2,16,20)(H,17,19). The summed E-state index contributed by atoms with van der Waals surface area (Å²) in [6, 6.07) is 9.35. The molecule has 2 unspecified atom stereocenters. The van der Waals surface area contributed by atoms with Crippen molar-refractivity contribution in [1.29, 1.82) is 0 Å². The lowest BCUT2D eigenvalue weighted by Crippen LogP contribution is -2.44. The maximum absolute atomic E-state index is 11.9. The smallest absolute Gasteiger partial charge is 0.404 e. The summed E-state index contributed by atoms with van der Waals surface area (Å²) in [7, 11) is 0. The number of hydrogen-bond donors (Lipinski definition) is 3. The van der Waals surface area contributed by atoms with Crippen LogP contribution < -0.4 is 11.1 Å². The third-order valence-electron chi connectivity index (χ3n) is 3.46. The maximum Gasteiger partial charge on any atom is 0.404 e. The number of ether oxygens (including phenoxy) is 1. The Morgan fingerprint density at radius 2 is 2.00 bits per heavy atom. The fraction of sp³-hybridized carbons (Fsp3) is 0.467. The van der Waals surface area contributed by atoms with Crippen molar-refractivity contribution in [3.05, 3.63) is 35.9 Å². The molecule has 1 aliphatic rings. The van der Waals surface area contributed by atoms with Gasteiger partial charge in [-0.2, -0.15) is 0 Å². The fourth-order valence-corrected chi connectivity index (χ4v) is 2.13. The van der Waals surface area contributed by atoms with Crippen LogP contribution in [0.15, 0.2) is 30.3 Å². The van der Waals surface area contributed by atoms with Gasteiger partial charge in [0.1, 0.15) is 6.10 Å². The number of carbonyl (C=O) groups excluding carboxylic acids is 2. The highest BCUT2D eigenvalue weighted by molar-refractivity contribution is 5.81. The summed E-state index contributed by atoms with van der Waals surface area (Å²) in [6.45, 7) is 0.309. The molecule has 2 rings (SSSR count). The first-order chi connectivity index (χ1) is 10.1. The topological polar surface area (TPSA) is 102 Å². The van der Waals surface area contributed by atoms with Crippen LogP contribution >= 0.6 is 0 Å². The van der Waals surface area contributed by atoms with E-state index in [1.807, 2.05) is 30.3 Å². The molecular weight excluding hydrogens is 272 g/mol. The number of carbonyl (C=O) groups is 2. The second kappa shape index (κ2) is 7.08. The number of nitrogens with two attached hydrogens (primary N) is 1. The number of aliphatic hydroxyl groups is 1. The van der Waals surface area contributed by atoms with E-state index in [1.165, 1.54) is 0 Å². The van der Waals surface area contributed by atoms with Gasteiger partial charge in [0.05, 0.1) is 0 Å². The molecule has 0 aliphatic heterocycles. The van der Waals surface area contributed by atoms with Crippen molar-refractivity contribution in [3.8, 4) is 0 Å². The van der Waals surface area contributed by atoms with Gasteiger partial charge in [-0.25, -0.2) is 4.79 Å². The normalized spacial score (nSPS) is 16.8. The molecule has 1 aromatic carbocycles. The third kappa shape index (κ3) is 5.07. The van der Waals surface area contributed by atoms with E-state index in [1.54, 1.807) is 0 Å². The van der Waals surface area contributed by atoms with E-state index in [0.29, 0.717) is 18.9 Å². The Morgan fingerprint density at radius 3 is 2.57 bits per heavy atom. The van der Waals surface area contributed by atoms with Crippen molar-refractivity contribution in [1.82, 2.24) is 5.32 Å². The second-order valence-electron chi connectivity index (χ2n) is 5.30. The minimum absolute atomic E-state index is 0.309. The molecule has 0 radical (unpaired) electrons. The minimum Gasteiger partial charge on any atom is -0.443 e. The third-order valence-corrected chi connectivity index (χ3v) is 3.46. The molecule has 6 heteroatoms. The van der Waals surface area contributed by atoms with E-state index in [9.17, 15) is 14.7 Å². The molecule has 0 aromatic heterocycles. The van der Waals surface area contributed by atoms with Gasteiger partial charge in [-0.1, -0.05) is 43.2 Å². The molecule has 0 spiro atoms. The van der Waals surface area contributed by atoms with Crippen molar-refractivity contribution in [2.24, 2.45) is 11.7 Å². The lowest BCUT2D eigenvalue weighted by molar-refractivity contribution is -0.135. The molecule has 2 atom stereocenters. The van der Waals surface area contributed by atoms with E-state index in [2.05, 4.69) is 5.32 Å². The quantitative estimate of drug-likeness (QED) is 0.695. The van der Waals surface area contributed by atoms with Crippen molar-refractivity contribution >= 4 is 12.0 Å². The van der Waals surface area contributed by atoms with Gasteiger partial charge < -0.3 is 20.9 Å². The first kappa shape index (κ1) is 15.3. The second-order valence-corrected chi connectivity index (χ2v) is 5.30. The average Bonchev–Trinajstić information content (AvgIpc) is 3.28. The summed E-state index contributed by atoms with van der Waals surface area (Å²) in [4.78, 5) is 22.8. The molecule has 21 heavy (non-hydrogen) atoms. The summed E-state index contributed by atoms with van der Waals surface area (Å²) in [6.07, 6.45) is -0.750. The van der Waals surface area contributed by atoms with Crippen LogP contribution in [0.5, 0.6) is 0 Å². The number of hydrogen-bond acceptors (Lipinski definition) is 4. The van der Waals surface area contributed by atoms with Gasteiger partial charge in [0.15, 0.2) is 6.10 Å². The van der Waals surface area contributed by atoms with Crippen LogP contribution in [0.3, 0.4) is 0 Å². The molecule has 1 fully saturated rings. The minimum atomic E-state index is -1.40. The Hall–Kier alpha value is -2.08. The first-order valence-corrected chi connectivity index (χ1v) is 7.02. The molecule has 1 saturated carbocycles. The number of rotatable bonds is 7. The molecule has 0 heterocycles. The van der Waals surface area contributed by atoms with Crippen LogP contribution in [0.4, 0.5) is 4.79 Å². The molecule has 6 nitrogen and oxygen atoms in total. The van der Waals surface area contributed by atoms with Crippen LogP contribution in [-0.4, -0.2) is 29.3 Å². The number of amides is 2. The van der Waals surface area contributed by atoms with Crippen molar-refractivity contribution in [2.45, 2.75) is 38.0 Å². The lowest BCUT2D eigenvalue weighted by Gasteiger charge is -2.21. The van der Waals surface area contributed by atoms with Crippen molar-refractivity contribution in [3.63, 3.8) is 0 Å². The molecular formula is C15H20N2O4. The average molecular weight is 292 g/mol. The van der Waals surface area contributed by atoms with Crippen molar-refractivity contribution < 1.29 is 19.4 Å². The Bertz CT molecular complexity index is 488. The van der Waals surface area contributed by atoms with Gasteiger partial charge in [0.2, 0.25) is 0 Å². The van der Waals surface area contributed by atoms with Crippen LogP contribution in [0.25, 0.3) is 0 Å². The number of primary amides is 1. The molecule has 1 aromatic rings. The van der Waals surface area contributed by atoms with Crippen molar-refractivity contribution in [2.75, 3.05) is 0 Å². The lowest BCUT2D eigenvalue weighted by atomic mass is 10.1. The predicted molar refractivity (Wildman–Crippen MR) is 76.1 cm³/mol. The predicted octanol–water partition coefficient (Wildman–Crippen LogP) is 0.928. The van der Waals surface area contributed by atoms with E-state index in [4.69, 9.17) is 10.5 Å². The highest BCUT2D eigenvalue weighted by Crippen LogP contribution is 2.35. The zero-order chi connectivity index (χ0) is 15.2. The largest absolute Gasteiger partial charge is 0.443 e. The van der Waals surface area contributed by atoms with Crippen LogP contribution in [-0.2, 0) is 16.1 Å². The Labute approximate surface area is 123 Å². The maximum atomic E-state index is 11.9. The van der Waals surface area contributed by atoms with Crippen LogP contribution in [0.1, 0.15) is 24.8 Å². The Morgan fingerprint density at radius 1 is 1.33 bits per heavy atom. The molecule has 1 aliphatic carbocycles. The number of aliphatic hydroxyl groups excluding tert-OH is 1. The fourth-order valence-electron chi connectivity index (χ4n) is 2.13. The summed E-state index contributed by atoms with van der Waals surface area (Å²) in [5, 5.41) is 12.7. The summed E-state index contributed by atoms with van der Waals surface area (Å²) in [5.41, 5.74) is 5.91. The van der Waals surface area contributed by atoms with Gasteiger partial charge >= 0.3 is 6.09 Å². The summed E-state index contributed by atoms with van der Waals surface area (Å²) in [5.74, 6) is -0.170. The monoisotopic (exact) mass is 292 g/mol. The molecule has 4 N–H and O–H groups in total. The van der Waals surface area contributed by atoms with Gasteiger partial charge in [0, 0.05) is 6.54 Å². The zero-order valence-corrected chi connectivity index (χ0v) is 11.7. The highest BCUT2D eigenvalue weighted by atomic mass is 16.6. The van der Waals surface area contributed by atoms with E-state index in [0.717, 1.165) is 18.4 Å². The summed E-state index contributed by atoms with van der Waals surface area (Å²) < 4.78 is 4.86. The molecule has 0 saturated heterocycles. The SMILES string of the molecule is NC(=O)OC(CC1CC1)C(O)C(=O)NCc1ccccc1. The van der Waals surface area contributed by atoms with Gasteiger partial charge in [-0.15, -0.1) is 0 Å². The van der Waals surface area contributed by atoms with E-state index in [-0.39, 0.29) is 0 Å². The van der Waals surface area contributed by atoms with Gasteiger partial charge in [-0.05, 0) is 17.9 Å². The van der Waals surface area contributed by atoms with Gasteiger partial charge in [0.25, 0.3) is 5.91 Å². The number of benzene rings is 1. The Kier molecular flexibility index (Phi) is 5.16. The molecule has 114 valence electrons. The van der Waals surface area contributed by atoms with E-state index < -0.39 is 24.2 Å². The molecule has 2 amide bonds. The number of nitrogens with one attached hydrogen (secondary N) is 1. The van der Waals surface area contributed by atoms with Crippen LogP contribution in [0, 0.1) is 5.92 Å². The van der Waals surface area contributed by atoms with Gasteiger partial charge in [-0.3, -0.25) is 4.79 Å².